The fourth-order valence-corrected chi connectivity index (χ4v) is 2.37. The first-order valence-corrected chi connectivity index (χ1v) is 6.57. The summed E-state index contributed by atoms with van der Waals surface area (Å²) in [6.45, 7) is 7.60. The second kappa shape index (κ2) is 6.66. The number of hydrogen-bond donors (Lipinski definition) is 1. The van der Waals surface area contributed by atoms with Crippen molar-refractivity contribution in [2.75, 3.05) is 59.2 Å². The Morgan fingerprint density at radius 1 is 1.06 bits per heavy atom. The maximum atomic E-state index is 6.04. The maximum absolute atomic E-state index is 6.04. The molecular weight excluding hydrogens is 220 g/mol. The normalized spacial score (nSPS) is 25.9. The van der Waals surface area contributed by atoms with Gasteiger partial charge < -0.3 is 19.9 Å². The van der Waals surface area contributed by atoms with Gasteiger partial charge in [0.15, 0.2) is 0 Å². The molecule has 0 unspecified atom stereocenters. The molecule has 2 aliphatic rings. The molecule has 0 bridgehead atoms. The summed E-state index contributed by atoms with van der Waals surface area (Å²) in [4.78, 5) is 2.38. The second-order valence-electron chi connectivity index (χ2n) is 4.80. The molecule has 0 aromatic carbocycles. The van der Waals surface area contributed by atoms with Crippen LogP contribution in [0.3, 0.4) is 0 Å². The number of nitrogens with two attached hydrogens (primary N) is 1. The van der Waals surface area contributed by atoms with E-state index in [9.17, 15) is 0 Å². The summed E-state index contributed by atoms with van der Waals surface area (Å²) < 4.78 is 16.7. The molecule has 0 amide bonds. The first-order valence-electron chi connectivity index (χ1n) is 6.57. The Hall–Kier alpha value is -0.200. The first kappa shape index (κ1) is 13.2. The minimum atomic E-state index is -0.134. The highest BCUT2D eigenvalue weighted by Gasteiger charge is 2.32. The molecule has 2 fully saturated rings. The van der Waals surface area contributed by atoms with Crippen LogP contribution in [0.5, 0.6) is 0 Å². The molecule has 5 nitrogen and oxygen atoms in total. The fourth-order valence-electron chi connectivity index (χ4n) is 2.37. The van der Waals surface area contributed by atoms with Crippen LogP contribution in [0, 0.1) is 0 Å². The van der Waals surface area contributed by atoms with E-state index < -0.39 is 0 Å². The van der Waals surface area contributed by atoms with Crippen molar-refractivity contribution >= 4 is 0 Å². The van der Waals surface area contributed by atoms with E-state index in [0.717, 1.165) is 65.5 Å². The van der Waals surface area contributed by atoms with Gasteiger partial charge in [0.2, 0.25) is 0 Å². The molecule has 2 rings (SSSR count). The molecule has 100 valence electrons. The van der Waals surface area contributed by atoms with Crippen LogP contribution in [0.2, 0.25) is 0 Å². The van der Waals surface area contributed by atoms with Gasteiger partial charge in [-0.05, 0) is 0 Å². The van der Waals surface area contributed by atoms with Gasteiger partial charge in [-0.1, -0.05) is 0 Å². The number of nitrogens with zero attached hydrogens (tertiary/aromatic N) is 1. The van der Waals surface area contributed by atoms with Crippen molar-refractivity contribution in [3.05, 3.63) is 0 Å². The molecule has 0 aromatic rings. The molecule has 0 aliphatic carbocycles. The smallest absolute Gasteiger partial charge is 0.0848 e. The average Bonchev–Trinajstić information content (AvgIpc) is 2.41. The number of ether oxygens (including phenoxy) is 3. The van der Waals surface area contributed by atoms with Crippen molar-refractivity contribution in [2.45, 2.75) is 18.4 Å². The van der Waals surface area contributed by atoms with Gasteiger partial charge in [0, 0.05) is 52.2 Å². The molecule has 0 radical (unpaired) electrons. The van der Waals surface area contributed by atoms with Crippen LogP contribution in [0.25, 0.3) is 0 Å². The summed E-state index contributed by atoms with van der Waals surface area (Å²) in [6, 6.07) is 0. The molecule has 0 saturated carbocycles. The predicted octanol–water partition coefficient (Wildman–Crippen LogP) is -0.157. The summed E-state index contributed by atoms with van der Waals surface area (Å²) in [5, 5.41) is 0. The molecule has 0 spiro atoms. The van der Waals surface area contributed by atoms with Crippen LogP contribution >= 0.6 is 0 Å². The van der Waals surface area contributed by atoms with Crippen LogP contribution in [0.4, 0.5) is 0 Å². The van der Waals surface area contributed by atoms with Gasteiger partial charge >= 0.3 is 0 Å². The highest BCUT2D eigenvalue weighted by molar-refractivity contribution is 4.84. The van der Waals surface area contributed by atoms with Gasteiger partial charge in [-0.15, -0.1) is 0 Å². The molecule has 2 heterocycles. The van der Waals surface area contributed by atoms with Gasteiger partial charge in [0.05, 0.1) is 25.4 Å². The van der Waals surface area contributed by atoms with E-state index in [2.05, 4.69) is 4.90 Å². The highest BCUT2D eigenvalue weighted by Crippen LogP contribution is 2.23. The van der Waals surface area contributed by atoms with Crippen molar-refractivity contribution in [3.8, 4) is 0 Å². The van der Waals surface area contributed by atoms with E-state index in [-0.39, 0.29) is 5.60 Å². The topological polar surface area (TPSA) is 57.0 Å². The standard InChI is InChI=1S/C12H24N2O3/c13-11-12(1-6-15-7-2-12)17-10-5-14-3-8-16-9-4-14/h1-11,13H2. The highest BCUT2D eigenvalue weighted by atomic mass is 16.5. The maximum Gasteiger partial charge on any atom is 0.0848 e. The molecule has 17 heavy (non-hydrogen) atoms. The molecule has 2 aliphatic heterocycles. The van der Waals surface area contributed by atoms with Crippen molar-refractivity contribution in [3.63, 3.8) is 0 Å². The van der Waals surface area contributed by atoms with E-state index in [1.807, 2.05) is 0 Å². The predicted molar refractivity (Wildman–Crippen MR) is 65.0 cm³/mol. The van der Waals surface area contributed by atoms with E-state index in [4.69, 9.17) is 19.9 Å². The van der Waals surface area contributed by atoms with Crippen molar-refractivity contribution in [2.24, 2.45) is 5.73 Å². The van der Waals surface area contributed by atoms with Gasteiger partial charge in [-0.3, -0.25) is 4.90 Å². The lowest BCUT2D eigenvalue weighted by molar-refractivity contribution is -0.110. The van der Waals surface area contributed by atoms with E-state index >= 15 is 0 Å². The minimum absolute atomic E-state index is 0.134. The molecular formula is C12H24N2O3. The number of hydrogen-bond acceptors (Lipinski definition) is 5. The first-order chi connectivity index (χ1) is 8.35. The van der Waals surface area contributed by atoms with Crippen LogP contribution in [-0.2, 0) is 14.2 Å². The minimum Gasteiger partial charge on any atom is -0.381 e. The van der Waals surface area contributed by atoms with Crippen LogP contribution < -0.4 is 5.73 Å². The van der Waals surface area contributed by atoms with Gasteiger partial charge in [0.25, 0.3) is 0 Å². The summed E-state index contributed by atoms with van der Waals surface area (Å²) in [5.74, 6) is 0. The fraction of sp³-hybridized carbons (Fsp3) is 1.00. The molecule has 2 N–H and O–H groups in total. The largest absolute Gasteiger partial charge is 0.381 e. The average molecular weight is 244 g/mol. The molecule has 0 atom stereocenters. The summed E-state index contributed by atoms with van der Waals surface area (Å²) in [5.41, 5.74) is 5.71. The van der Waals surface area contributed by atoms with Crippen molar-refractivity contribution < 1.29 is 14.2 Å². The summed E-state index contributed by atoms with van der Waals surface area (Å²) in [6.07, 6.45) is 1.85. The SMILES string of the molecule is NCC1(OCCN2CCOCC2)CCOCC1. The Kier molecular flexibility index (Phi) is 5.18. The van der Waals surface area contributed by atoms with Crippen LogP contribution in [0.15, 0.2) is 0 Å². The van der Waals surface area contributed by atoms with E-state index in [1.54, 1.807) is 0 Å². The Morgan fingerprint density at radius 2 is 1.71 bits per heavy atom. The number of morpholine rings is 1. The second-order valence-corrected chi connectivity index (χ2v) is 4.80. The Morgan fingerprint density at radius 3 is 2.35 bits per heavy atom. The Balaban J connectivity index is 1.68. The quantitative estimate of drug-likeness (QED) is 0.728. The Bertz CT molecular complexity index is 214. The molecule has 2 saturated heterocycles. The van der Waals surface area contributed by atoms with Gasteiger partial charge in [-0.25, -0.2) is 0 Å². The third-order valence-corrected chi connectivity index (χ3v) is 3.70. The third-order valence-electron chi connectivity index (χ3n) is 3.70. The van der Waals surface area contributed by atoms with Gasteiger partial charge in [0.1, 0.15) is 0 Å². The zero-order valence-electron chi connectivity index (χ0n) is 10.5. The lowest BCUT2D eigenvalue weighted by atomic mass is 9.94. The molecule has 5 heteroatoms. The zero-order chi connectivity index (χ0) is 12.0. The van der Waals surface area contributed by atoms with Crippen molar-refractivity contribution in [1.82, 2.24) is 4.90 Å². The van der Waals surface area contributed by atoms with Crippen LogP contribution in [0.1, 0.15) is 12.8 Å². The summed E-state index contributed by atoms with van der Waals surface area (Å²) in [7, 11) is 0. The summed E-state index contributed by atoms with van der Waals surface area (Å²) >= 11 is 0. The van der Waals surface area contributed by atoms with E-state index in [1.165, 1.54) is 0 Å². The van der Waals surface area contributed by atoms with Crippen LogP contribution in [-0.4, -0.2) is 69.7 Å². The van der Waals surface area contributed by atoms with E-state index in [0.29, 0.717) is 6.54 Å². The lowest BCUT2D eigenvalue weighted by Gasteiger charge is -2.37. The van der Waals surface area contributed by atoms with Crippen molar-refractivity contribution in [1.29, 1.82) is 0 Å². The molecule has 0 aromatic heterocycles. The number of rotatable bonds is 5. The van der Waals surface area contributed by atoms with Gasteiger partial charge in [-0.2, -0.15) is 0 Å². The third kappa shape index (κ3) is 3.89. The lowest BCUT2D eigenvalue weighted by Crippen LogP contribution is -2.47. The zero-order valence-corrected chi connectivity index (χ0v) is 10.5. The Labute approximate surface area is 103 Å². The monoisotopic (exact) mass is 244 g/mol.